The van der Waals surface area contributed by atoms with Crippen LogP contribution in [0.25, 0.3) is 0 Å². The fourth-order valence-electron chi connectivity index (χ4n) is 1.97. The first-order chi connectivity index (χ1) is 8.60. The zero-order valence-electron chi connectivity index (χ0n) is 11.7. The van der Waals surface area contributed by atoms with Crippen LogP contribution in [0, 0.1) is 5.92 Å². The fourth-order valence-corrected chi connectivity index (χ4v) is 1.97. The van der Waals surface area contributed by atoms with Crippen molar-refractivity contribution in [2.24, 2.45) is 5.92 Å². The molecule has 0 saturated heterocycles. The van der Waals surface area contributed by atoms with Crippen LogP contribution in [0.1, 0.15) is 42.5 Å². The molecule has 0 aliphatic rings. The van der Waals surface area contributed by atoms with Gasteiger partial charge in [0.05, 0.1) is 12.1 Å². The number of hydrogen-bond donors (Lipinski definition) is 2. The summed E-state index contributed by atoms with van der Waals surface area (Å²) in [6.45, 7) is 6.88. The summed E-state index contributed by atoms with van der Waals surface area (Å²) in [5.74, 6) is 0.844. The number of nitrogens with zero attached hydrogens (tertiary/aromatic N) is 2. The Labute approximate surface area is 112 Å². The van der Waals surface area contributed by atoms with E-state index < -0.39 is 0 Å². The summed E-state index contributed by atoms with van der Waals surface area (Å²) in [6, 6.07) is 2.07. The summed E-state index contributed by atoms with van der Waals surface area (Å²) in [5, 5.41) is 10.2. The van der Waals surface area contributed by atoms with Crippen molar-refractivity contribution >= 4 is 11.7 Å². The fraction of sp³-hybridized carbons (Fsp3) is 0.692. The normalized spacial score (nSPS) is 12.7. The van der Waals surface area contributed by atoms with Crippen molar-refractivity contribution in [3.63, 3.8) is 0 Å². The van der Waals surface area contributed by atoms with E-state index in [1.54, 1.807) is 6.20 Å². The lowest BCUT2D eigenvalue weighted by atomic mass is 10.0. The minimum absolute atomic E-state index is 0. The molecule has 0 bridgehead atoms. The molecule has 0 fully saturated rings. The average molecular weight is 256 g/mol. The Bertz CT molecular complexity index is 376. The van der Waals surface area contributed by atoms with Crippen LogP contribution in [0.2, 0.25) is 0 Å². The SMILES string of the molecule is CCC[C@H](CNC)C(=O)Nc1ccnn1C(C)C.[HH].[HH]. The van der Waals surface area contributed by atoms with Crippen LogP contribution in [0.3, 0.4) is 0 Å². The number of rotatable bonds is 7. The van der Waals surface area contributed by atoms with Crippen molar-refractivity contribution in [3.05, 3.63) is 12.3 Å². The second-order valence-corrected chi connectivity index (χ2v) is 4.79. The molecule has 1 aromatic rings. The first-order valence-corrected chi connectivity index (χ1v) is 6.59. The zero-order chi connectivity index (χ0) is 13.5. The minimum Gasteiger partial charge on any atom is -0.319 e. The summed E-state index contributed by atoms with van der Waals surface area (Å²) < 4.78 is 1.82. The summed E-state index contributed by atoms with van der Waals surface area (Å²) in [4.78, 5) is 12.2. The Morgan fingerprint density at radius 2 is 2.28 bits per heavy atom. The highest BCUT2D eigenvalue weighted by atomic mass is 16.2. The molecule has 0 radical (unpaired) electrons. The monoisotopic (exact) mass is 256 g/mol. The van der Waals surface area contributed by atoms with Crippen molar-refractivity contribution in [1.29, 1.82) is 0 Å². The summed E-state index contributed by atoms with van der Waals surface area (Å²) >= 11 is 0. The molecule has 0 unspecified atom stereocenters. The van der Waals surface area contributed by atoms with Crippen LogP contribution in [0.5, 0.6) is 0 Å². The summed E-state index contributed by atoms with van der Waals surface area (Å²) in [7, 11) is 1.87. The van der Waals surface area contributed by atoms with E-state index in [-0.39, 0.29) is 20.7 Å². The number of carbonyl (C=O) groups is 1. The molecule has 0 spiro atoms. The predicted molar refractivity (Wildman–Crippen MR) is 77.8 cm³/mol. The molecule has 0 aromatic carbocycles. The van der Waals surface area contributed by atoms with E-state index in [0.717, 1.165) is 18.7 Å². The van der Waals surface area contributed by atoms with E-state index >= 15 is 0 Å². The molecule has 18 heavy (non-hydrogen) atoms. The smallest absolute Gasteiger partial charge is 0.229 e. The predicted octanol–water partition coefficient (Wildman–Crippen LogP) is 2.53. The lowest BCUT2D eigenvalue weighted by Crippen LogP contribution is -2.31. The first kappa shape index (κ1) is 14.7. The third kappa shape index (κ3) is 3.84. The Balaban J connectivity index is 0. The van der Waals surface area contributed by atoms with Gasteiger partial charge in [0, 0.05) is 21.5 Å². The summed E-state index contributed by atoms with van der Waals surface area (Å²) in [6.07, 6.45) is 3.61. The molecule has 5 heteroatoms. The molecule has 2 N–H and O–H groups in total. The van der Waals surface area contributed by atoms with Gasteiger partial charge in [0.15, 0.2) is 0 Å². The van der Waals surface area contributed by atoms with Gasteiger partial charge in [0.2, 0.25) is 5.91 Å². The number of anilines is 1. The van der Waals surface area contributed by atoms with Gasteiger partial charge < -0.3 is 10.6 Å². The van der Waals surface area contributed by atoms with Crippen LogP contribution >= 0.6 is 0 Å². The molecule has 5 nitrogen and oxygen atoms in total. The topological polar surface area (TPSA) is 59.0 Å². The largest absolute Gasteiger partial charge is 0.319 e. The molecule has 0 aliphatic carbocycles. The number of amides is 1. The van der Waals surface area contributed by atoms with Gasteiger partial charge in [0.25, 0.3) is 0 Å². The molecule has 1 amide bonds. The highest BCUT2D eigenvalue weighted by molar-refractivity contribution is 5.91. The van der Waals surface area contributed by atoms with E-state index in [9.17, 15) is 4.79 Å². The van der Waals surface area contributed by atoms with Gasteiger partial charge in [-0.2, -0.15) is 5.10 Å². The molecule has 0 aliphatic heterocycles. The van der Waals surface area contributed by atoms with E-state index in [1.807, 2.05) is 31.6 Å². The number of aromatic nitrogens is 2. The standard InChI is InChI=1S/C13H24N4O.2H2/c1-5-6-11(9-14-4)13(18)16-12-7-8-15-17(12)10(2)3;;/h7-8,10-11,14H,5-6,9H2,1-4H3,(H,16,18);2*1H/t11-;;/m1../s1. The van der Waals surface area contributed by atoms with E-state index in [0.29, 0.717) is 6.54 Å². The Morgan fingerprint density at radius 3 is 2.83 bits per heavy atom. The van der Waals surface area contributed by atoms with Gasteiger partial charge in [0.1, 0.15) is 5.82 Å². The second-order valence-electron chi connectivity index (χ2n) is 4.79. The number of hydrogen-bond acceptors (Lipinski definition) is 3. The molecular formula is C13H28N4O. The quantitative estimate of drug-likeness (QED) is 0.788. The molecule has 1 atom stereocenters. The Kier molecular flexibility index (Phi) is 5.85. The lowest BCUT2D eigenvalue weighted by molar-refractivity contribution is -0.120. The second kappa shape index (κ2) is 7.16. The van der Waals surface area contributed by atoms with Gasteiger partial charge in [-0.3, -0.25) is 4.79 Å². The number of carbonyl (C=O) groups excluding carboxylic acids is 1. The van der Waals surface area contributed by atoms with E-state index in [1.165, 1.54) is 0 Å². The molecule has 1 aromatic heterocycles. The van der Waals surface area contributed by atoms with Crippen molar-refractivity contribution in [3.8, 4) is 0 Å². The highest BCUT2D eigenvalue weighted by Gasteiger charge is 2.18. The van der Waals surface area contributed by atoms with Crippen LogP contribution in [0.4, 0.5) is 5.82 Å². The third-order valence-corrected chi connectivity index (χ3v) is 2.87. The van der Waals surface area contributed by atoms with Crippen LogP contribution < -0.4 is 10.6 Å². The minimum atomic E-state index is 0. The van der Waals surface area contributed by atoms with E-state index in [4.69, 9.17) is 0 Å². The van der Waals surface area contributed by atoms with Crippen molar-refractivity contribution in [2.45, 2.75) is 39.7 Å². The Hall–Kier alpha value is -1.36. The zero-order valence-corrected chi connectivity index (χ0v) is 11.7. The van der Waals surface area contributed by atoms with Crippen molar-refractivity contribution < 1.29 is 7.65 Å². The Morgan fingerprint density at radius 1 is 1.56 bits per heavy atom. The molecule has 1 rings (SSSR count). The van der Waals surface area contributed by atoms with Gasteiger partial charge in [-0.1, -0.05) is 13.3 Å². The van der Waals surface area contributed by atoms with Gasteiger partial charge in [-0.25, -0.2) is 4.68 Å². The number of nitrogens with one attached hydrogen (secondary N) is 2. The molecular weight excluding hydrogens is 228 g/mol. The average Bonchev–Trinajstić information content (AvgIpc) is 2.77. The van der Waals surface area contributed by atoms with Crippen LogP contribution in [-0.4, -0.2) is 29.3 Å². The third-order valence-electron chi connectivity index (χ3n) is 2.87. The van der Waals surface area contributed by atoms with Crippen molar-refractivity contribution in [1.82, 2.24) is 15.1 Å². The van der Waals surface area contributed by atoms with Gasteiger partial charge >= 0.3 is 0 Å². The first-order valence-electron chi connectivity index (χ1n) is 6.59. The summed E-state index contributed by atoms with van der Waals surface area (Å²) in [5.41, 5.74) is 0. The highest BCUT2D eigenvalue weighted by Crippen LogP contribution is 2.15. The lowest BCUT2D eigenvalue weighted by Gasteiger charge is -2.17. The maximum atomic E-state index is 12.2. The van der Waals surface area contributed by atoms with Gasteiger partial charge in [-0.15, -0.1) is 0 Å². The van der Waals surface area contributed by atoms with E-state index in [2.05, 4.69) is 22.7 Å². The molecule has 106 valence electrons. The van der Waals surface area contributed by atoms with Crippen LogP contribution in [-0.2, 0) is 4.79 Å². The van der Waals surface area contributed by atoms with Crippen molar-refractivity contribution in [2.75, 3.05) is 18.9 Å². The maximum Gasteiger partial charge on any atom is 0.229 e. The van der Waals surface area contributed by atoms with Gasteiger partial charge in [-0.05, 0) is 27.3 Å². The van der Waals surface area contributed by atoms with Crippen LogP contribution in [0.15, 0.2) is 12.3 Å². The molecule has 1 heterocycles. The molecule has 0 saturated carbocycles. The maximum absolute atomic E-state index is 12.2.